The Morgan fingerprint density at radius 3 is 2.82 bits per heavy atom. The predicted octanol–water partition coefficient (Wildman–Crippen LogP) is 1.95. The molecule has 5 nitrogen and oxygen atoms in total. The molecule has 1 aromatic carbocycles. The number of benzene rings is 1. The van der Waals surface area contributed by atoms with Gasteiger partial charge in [0.1, 0.15) is 11.6 Å². The van der Waals surface area contributed by atoms with E-state index in [2.05, 4.69) is 5.10 Å². The van der Waals surface area contributed by atoms with Crippen molar-refractivity contribution in [1.82, 2.24) is 9.78 Å². The summed E-state index contributed by atoms with van der Waals surface area (Å²) in [7, 11) is -3.41. The molecule has 0 amide bonds. The molecule has 0 bridgehead atoms. The molecular weight excluding hydrogens is 271 g/mol. The van der Waals surface area contributed by atoms with Gasteiger partial charge in [-0.05, 0) is 12.1 Å². The number of methoxy groups -OCH3 is 1. The maximum atomic E-state index is 13.1. The second kappa shape index (κ2) is 4.25. The number of rotatable bonds is 3. The molecule has 0 radical (unpaired) electrons. The van der Waals surface area contributed by atoms with Gasteiger partial charge in [-0.1, -0.05) is 11.6 Å². The number of nitrogens with zero attached hydrogens (tertiary/aromatic N) is 2. The maximum absolute atomic E-state index is 13.1. The normalized spacial score (nSPS) is 12.2. The first-order chi connectivity index (χ1) is 7.95. The molecule has 8 heteroatoms. The first-order valence-electron chi connectivity index (χ1n) is 4.53. The largest absolute Gasteiger partial charge is 0.362 e. The molecule has 0 aliphatic heterocycles. The Kier molecular flexibility index (Phi) is 3.07. The van der Waals surface area contributed by atoms with Crippen LogP contribution in [0.2, 0.25) is 5.02 Å². The van der Waals surface area contributed by atoms with Crippen LogP contribution in [0.25, 0.3) is 10.9 Å². The highest BCUT2D eigenvalue weighted by atomic mass is 35.5. The van der Waals surface area contributed by atoms with E-state index in [-0.39, 0.29) is 12.2 Å². The minimum absolute atomic E-state index is 0.00631. The van der Waals surface area contributed by atoms with Gasteiger partial charge in [-0.25, -0.2) is 4.68 Å². The Hall–Kier alpha value is -1.18. The van der Waals surface area contributed by atoms with E-state index in [4.69, 9.17) is 16.3 Å². The van der Waals surface area contributed by atoms with Gasteiger partial charge in [-0.2, -0.15) is 13.5 Å². The third-order valence-corrected chi connectivity index (χ3v) is 3.41. The van der Waals surface area contributed by atoms with Crippen molar-refractivity contribution in [1.29, 1.82) is 0 Å². The van der Waals surface area contributed by atoms with Crippen LogP contribution in [-0.4, -0.2) is 25.3 Å². The van der Waals surface area contributed by atoms with E-state index in [0.29, 0.717) is 10.4 Å². The molecule has 0 fully saturated rings. The van der Waals surface area contributed by atoms with Crippen molar-refractivity contribution in [2.45, 2.75) is 11.6 Å². The maximum Gasteiger partial charge on any atom is 0.334 e. The average molecular weight is 279 g/mol. The van der Waals surface area contributed by atoms with Gasteiger partial charge >= 0.3 is 10.2 Å². The molecule has 0 aliphatic rings. The molecule has 0 saturated carbocycles. The highest BCUT2D eigenvalue weighted by Gasteiger charge is 2.21. The summed E-state index contributed by atoms with van der Waals surface area (Å²) in [5.41, 5.74) is 0.0989. The smallest absolute Gasteiger partial charge is 0.334 e. The van der Waals surface area contributed by atoms with Gasteiger partial charge < -0.3 is 4.74 Å². The van der Waals surface area contributed by atoms with Crippen LogP contribution in [0.15, 0.2) is 23.2 Å². The van der Waals surface area contributed by atoms with Crippen molar-refractivity contribution in [2.24, 2.45) is 0 Å². The van der Waals surface area contributed by atoms with Crippen molar-refractivity contribution in [3.8, 4) is 0 Å². The molecule has 1 heterocycles. The molecule has 0 saturated heterocycles. The summed E-state index contributed by atoms with van der Waals surface area (Å²) in [6.45, 7) is 0.00631. The van der Waals surface area contributed by atoms with Crippen LogP contribution >= 0.6 is 11.6 Å². The van der Waals surface area contributed by atoms with E-state index in [1.165, 1.54) is 24.1 Å². The van der Waals surface area contributed by atoms with Gasteiger partial charge in [-0.3, -0.25) is 0 Å². The topological polar surface area (TPSA) is 61.2 Å². The fourth-order valence-electron chi connectivity index (χ4n) is 1.55. The SMILES string of the molecule is COCn1ncc2c(Cl)ccc(S(=O)(=O)F)c21. The number of ether oxygens (including phenoxy) is 1. The second-order valence-electron chi connectivity index (χ2n) is 3.31. The van der Waals surface area contributed by atoms with Crippen LogP contribution in [0.3, 0.4) is 0 Å². The summed E-state index contributed by atoms with van der Waals surface area (Å²) >= 11 is 5.88. The monoisotopic (exact) mass is 278 g/mol. The van der Waals surface area contributed by atoms with Crippen LogP contribution in [0.4, 0.5) is 3.89 Å². The van der Waals surface area contributed by atoms with Gasteiger partial charge in [0.2, 0.25) is 0 Å². The van der Waals surface area contributed by atoms with Crippen molar-refractivity contribution in [3.05, 3.63) is 23.4 Å². The molecule has 1 aromatic heterocycles. The molecule has 0 aliphatic carbocycles. The van der Waals surface area contributed by atoms with Crippen LogP contribution in [-0.2, 0) is 21.7 Å². The van der Waals surface area contributed by atoms with Crippen molar-refractivity contribution >= 4 is 32.7 Å². The van der Waals surface area contributed by atoms with E-state index < -0.39 is 15.1 Å². The van der Waals surface area contributed by atoms with Crippen LogP contribution in [0, 0.1) is 0 Å². The minimum atomic E-state index is -4.83. The Morgan fingerprint density at radius 1 is 1.53 bits per heavy atom. The third-order valence-electron chi connectivity index (χ3n) is 2.23. The molecule has 0 N–H and O–H groups in total. The number of hydrogen-bond donors (Lipinski definition) is 0. The lowest BCUT2D eigenvalue weighted by molar-refractivity contribution is 0.124. The first kappa shape index (κ1) is 12.3. The van der Waals surface area contributed by atoms with Gasteiger partial charge in [-0.15, -0.1) is 3.89 Å². The number of halogens is 2. The van der Waals surface area contributed by atoms with Gasteiger partial charge in [0, 0.05) is 12.5 Å². The fourth-order valence-corrected chi connectivity index (χ4v) is 2.43. The molecule has 0 atom stereocenters. The zero-order valence-electron chi connectivity index (χ0n) is 8.72. The highest BCUT2D eigenvalue weighted by Crippen LogP contribution is 2.30. The zero-order valence-corrected chi connectivity index (χ0v) is 10.3. The molecule has 0 spiro atoms. The Balaban J connectivity index is 2.85. The van der Waals surface area contributed by atoms with Crippen molar-refractivity contribution in [3.63, 3.8) is 0 Å². The van der Waals surface area contributed by atoms with Crippen molar-refractivity contribution < 1.29 is 17.0 Å². The number of fused-ring (bicyclic) bond motifs is 1. The minimum Gasteiger partial charge on any atom is -0.362 e. The fraction of sp³-hybridized carbons (Fsp3) is 0.222. The number of aromatic nitrogens is 2. The van der Waals surface area contributed by atoms with E-state index in [0.717, 1.165) is 6.07 Å². The quantitative estimate of drug-likeness (QED) is 0.805. The van der Waals surface area contributed by atoms with Crippen LogP contribution in [0.5, 0.6) is 0 Å². The van der Waals surface area contributed by atoms with Crippen LogP contribution < -0.4 is 0 Å². The Morgan fingerprint density at radius 2 is 2.24 bits per heavy atom. The Labute approximate surface area is 102 Å². The summed E-state index contributed by atoms with van der Waals surface area (Å²) in [5.74, 6) is 0. The molecule has 92 valence electrons. The average Bonchev–Trinajstić information content (AvgIpc) is 2.62. The lowest BCUT2D eigenvalue weighted by Gasteiger charge is -2.05. The second-order valence-corrected chi connectivity index (χ2v) is 5.03. The summed E-state index contributed by atoms with van der Waals surface area (Å²) in [6.07, 6.45) is 1.37. The summed E-state index contributed by atoms with van der Waals surface area (Å²) in [4.78, 5) is -0.466. The number of hydrogen-bond acceptors (Lipinski definition) is 4. The summed E-state index contributed by atoms with van der Waals surface area (Å²) in [5, 5.41) is 4.56. The molecule has 17 heavy (non-hydrogen) atoms. The zero-order chi connectivity index (χ0) is 12.6. The van der Waals surface area contributed by atoms with E-state index in [9.17, 15) is 12.3 Å². The standard InChI is InChI=1S/C9H8ClFN2O3S/c1-16-5-13-9-6(4-12-13)7(10)2-3-8(9)17(11,14)15/h2-4H,5H2,1H3. The van der Waals surface area contributed by atoms with E-state index >= 15 is 0 Å². The summed E-state index contributed by atoms with van der Waals surface area (Å²) < 4.78 is 41.2. The highest BCUT2D eigenvalue weighted by molar-refractivity contribution is 7.86. The third kappa shape index (κ3) is 2.13. The molecule has 0 unspecified atom stereocenters. The molecule has 2 aromatic rings. The van der Waals surface area contributed by atoms with Gasteiger partial charge in [0.15, 0.2) is 0 Å². The molecule has 2 rings (SSSR count). The predicted molar refractivity (Wildman–Crippen MR) is 60.0 cm³/mol. The van der Waals surface area contributed by atoms with Gasteiger partial charge in [0.05, 0.1) is 16.7 Å². The summed E-state index contributed by atoms with van der Waals surface area (Å²) in [6, 6.07) is 2.42. The van der Waals surface area contributed by atoms with E-state index in [1.807, 2.05) is 0 Å². The van der Waals surface area contributed by atoms with Gasteiger partial charge in [0.25, 0.3) is 0 Å². The van der Waals surface area contributed by atoms with E-state index in [1.54, 1.807) is 0 Å². The lowest BCUT2D eigenvalue weighted by atomic mass is 10.2. The van der Waals surface area contributed by atoms with Crippen LogP contribution in [0.1, 0.15) is 0 Å². The molecular formula is C9H8ClFN2O3S. The Bertz CT molecular complexity index is 668. The lowest BCUT2D eigenvalue weighted by Crippen LogP contribution is -2.04. The van der Waals surface area contributed by atoms with Crippen molar-refractivity contribution in [2.75, 3.05) is 7.11 Å². The first-order valence-corrected chi connectivity index (χ1v) is 6.29.